The summed E-state index contributed by atoms with van der Waals surface area (Å²) in [7, 11) is 0. The van der Waals surface area contributed by atoms with E-state index >= 15 is 0 Å². The van der Waals surface area contributed by atoms with Gasteiger partial charge in [0.1, 0.15) is 6.33 Å². The molecule has 94 valence electrons. The second kappa shape index (κ2) is 5.35. The van der Waals surface area contributed by atoms with Gasteiger partial charge in [0.2, 0.25) is 0 Å². The average Bonchev–Trinajstić information content (AvgIpc) is 2.78. The maximum absolute atomic E-state index is 11.5. The Labute approximate surface area is 114 Å². The number of rotatable bonds is 3. The predicted octanol–water partition coefficient (Wildman–Crippen LogP) is 3.12. The third kappa shape index (κ3) is 2.61. The van der Waals surface area contributed by atoms with E-state index in [9.17, 15) is 4.79 Å². The van der Waals surface area contributed by atoms with E-state index in [0.29, 0.717) is 12.3 Å². The summed E-state index contributed by atoms with van der Waals surface area (Å²) in [6.45, 7) is 4.13. The summed E-state index contributed by atoms with van der Waals surface area (Å²) in [5.74, 6) is -0.397. The van der Waals surface area contributed by atoms with E-state index in [1.54, 1.807) is 19.4 Å². The molecule has 2 aromatic rings. The van der Waals surface area contributed by atoms with Crippen LogP contribution in [0.5, 0.6) is 0 Å². The molecule has 2 rings (SSSR count). The topological polar surface area (TPSA) is 44.1 Å². The number of aromatic nitrogens is 2. The smallest absolute Gasteiger partial charge is 0.358 e. The highest BCUT2D eigenvalue weighted by Crippen LogP contribution is 2.19. The predicted molar refractivity (Wildman–Crippen MR) is 72.0 cm³/mol. The fourth-order valence-corrected chi connectivity index (χ4v) is 2.15. The number of hydrogen-bond acceptors (Lipinski definition) is 3. The number of esters is 1. The molecule has 0 spiro atoms. The molecule has 1 heterocycles. The average molecular weight is 309 g/mol. The van der Waals surface area contributed by atoms with Crippen LogP contribution in [0.15, 0.2) is 35.2 Å². The normalized spacial score (nSPS) is 10.4. The maximum Gasteiger partial charge on any atom is 0.358 e. The van der Waals surface area contributed by atoms with Crippen LogP contribution >= 0.6 is 15.9 Å². The van der Waals surface area contributed by atoms with Gasteiger partial charge in [0.25, 0.3) is 0 Å². The molecule has 0 bridgehead atoms. The van der Waals surface area contributed by atoms with Crippen molar-refractivity contribution in [2.24, 2.45) is 0 Å². The first kappa shape index (κ1) is 12.8. The zero-order valence-electron chi connectivity index (χ0n) is 10.2. The molecular weight excluding hydrogens is 296 g/mol. The minimum atomic E-state index is -0.397. The van der Waals surface area contributed by atoms with Crippen molar-refractivity contribution in [3.63, 3.8) is 0 Å². The number of ether oxygens (including phenoxy) is 1. The van der Waals surface area contributed by atoms with Crippen molar-refractivity contribution < 1.29 is 9.53 Å². The largest absolute Gasteiger partial charge is 0.461 e. The molecule has 0 saturated carbocycles. The Kier molecular flexibility index (Phi) is 3.81. The van der Waals surface area contributed by atoms with Crippen LogP contribution in [-0.4, -0.2) is 22.1 Å². The molecule has 0 atom stereocenters. The van der Waals surface area contributed by atoms with Crippen molar-refractivity contribution in [1.29, 1.82) is 0 Å². The Morgan fingerprint density at radius 1 is 1.50 bits per heavy atom. The standard InChI is InChI=1S/C13H13BrN2O2/c1-3-18-13(17)11-7-16(8-15-11)12-5-4-10(14)6-9(12)2/h4-8H,3H2,1-2H3. The first-order valence-corrected chi connectivity index (χ1v) is 6.38. The minimum Gasteiger partial charge on any atom is -0.461 e. The van der Waals surface area contributed by atoms with E-state index in [0.717, 1.165) is 15.7 Å². The Bertz CT molecular complexity index is 578. The van der Waals surface area contributed by atoms with Crippen molar-refractivity contribution in [3.8, 4) is 5.69 Å². The van der Waals surface area contributed by atoms with Gasteiger partial charge in [-0.2, -0.15) is 0 Å². The fraction of sp³-hybridized carbons (Fsp3) is 0.231. The van der Waals surface area contributed by atoms with Crippen molar-refractivity contribution in [3.05, 3.63) is 46.5 Å². The number of nitrogens with zero attached hydrogens (tertiary/aromatic N) is 2. The van der Waals surface area contributed by atoms with Crippen molar-refractivity contribution in [1.82, 2.24) is 9.55 Å². The van der Waals surface area contributed by atoms with Crippen molar-refractivity contribution in [2.45, 2.75) is 13.8 Å². The van der Waals surface area contributed by atoms with Crippen molar-refractivity contribution in [2.75, 3.05) is 6.61 Å². The summed E-state index contributed by atoms with van der Waals surface area (Å²) in [5.41, 5.74) is 2.40. The van der Waals surface area contributed by atoms with E-state index in [1.807, 2.05) is 29.7 Å². The van der Waals surface area contributed by atoms with Gasteiger partial charge in [-0.3, -0.25) is 0 Å². The van der Waals surface area contributed by atoms with Gasteiger partial charge in [-0.25, -0.2) is 9.78 Å². The molecule has 1 aromatic heterocycles. The van der Waals surface area contributed by atoms with Crippen LogP contribution < -0.4 is 0 Å². The minimum absolute atomic E-state index is 0.319. The Morgan fingerprint density at radius 2 is 2.28 bits per heavy atom. The second-order valence-corrected chi connectivity index (χ2v) is 4.73. The summed E-state index contributed by atoms with van der Waals surface area (Å²) >= 11 is 3.42. The van der Waals surface area contributed by atoms with Gasteiger partial charge in [0, 0.05) is 16.4 Å². The summed E-state index contributed by atoms with van der Waals surface area (Å²) < 4.78 is 7.74. The summed E-state index contributed by atoms with van der Waals surface area (Å²) in [6.07, 6.45) is 3.29. The second-order valence-electron chi connectivity index (χ2n) is 3.82. The first-order valence-electron chi connectivity index (χ1n) is 5.59. The van der Waals surface area contributed by atoms with Gasteiger partial charge in [-0.15, -0.1) is 0 Å². The molecule has 0 radical (unpaired) electrons. The number of halogens is 1. The maximum atomic E-state index is 11.5. The van der Waals surface area contributed by atoms with Crippen LogP contribution in [0.4, 0.5) is 0 Å². The Balaban J connectivity index is 2.32. The van der Waals surface area contributed by atoms with Gasteiger partial charge >= 0.3 is 5.97 Å². The van der Waals surface area contributed by atoms with E-state index in [1.165, 1.54) is 0 Å². The summed E-state index contributed by atoms with van der Waals surface area (Å²) in [6, 6.07) is 5.93. The molecule has 0 aliphatic carbocycles. The van der Waals surface area contributed by atoms with Crippen LogP contribution in [0.25, 0.3) is 5.69 Å². The fourth-order valence-electron chi connectivity index (χ4n) is 1.67. The first-order chi connectivity index (χ1) is 8.61. The SMILES string of the molecule is CCOC(=O)c1cn(-c2ccc(Br)cc2C)cn1. The number of carbonyl (C=O) groups excluding carboxylic acids is 1. The summed E-state index contributed by atoms with van der Waals surface area (Å²) in [4.78, 5) is 15.6. The highest BCUT2D eigenvalue weighted by Gasteiger charge is 2.11. The molecule has 0 unspecified atom stereocenters. The monoisotopic (exact) mass is 308 g/mol. The van der Waals surface area contributed by atoms with Gasteiger partial charge in [0.05, 0.1) is 6.61 Å². The van der Waals surface area contributed by atoms with Gasteiger partial charge in [-0.1, -0.05) is 15.9 Å². The molecule has 0 fully saturated rings. The molecule has 1 aromatic carbocycles. The zero-order valence-corrected chi connectivity index (χ0v) is 11.8. The molecular formula is C13H13BrN2O2. The summed E-state index contributed by atoms with van der Waals surface area (Å²) in [5, 5.41) is 0. The van der Waals surface area contributed by atoms with E-state index in [4.69, 9.17) is 4.74 Å². The van der Waals surface area contributed by atoms with Crippen LogP contribution in [0, 0.1) is 6.92 Å². The van der Waals surface area contributed by atoms with Crippen LogP contribution in [0.2, 0.25) is 0 Å². The van der Waals surface area contributed by atoms with E-state index < -0.39 is 5.97 Å². The Hall–Kier alpha value is -1.62. The lowest BCUT2D eigenvalue weighted by atomic mass is 10.2. The quantitative estimate of drug-likeness (QED) is 0.818. The van der Waals surface area contributed by atoms with Gasteiger partial charge < -0.3 is 9.30 Å². The van der Waals surface area contributed by atoms with Crippen LogP contribution in [0.3, 0.4) is 0 Å². The van der Waals surface area contributed by atoms with Crippen LogP contribution in [0.1, 0.15) is 23.0 Å². The highest BCUT2D eigenvalue weighted by molar-refractivity contribution is 9.10. The zero-order chi connectivity index (χ0) is 13.1. The highest BCUT2D eigenvalue weighted by atomic mass is 79.9. The number of imidazole rings is 1. The lowest BCUT2D eigenvalue weighted by Gasteiger charge is -2.06. The third-order valence-electron chi connectivity index (χ3n) is 2.50. The van der Waals surface area contributed by atoms with E-state index in [-0.39, 0.29) is 0 Å². The lowest BCUT2D eigenvalue weighted by Crippen LogP contribution is -2.04. The number of benzene rings is 1. The number of hydrogen-bond donors (Lipinski definition) is 0. The van der Waals surface area contributed by atoms with Crippen molar-refractivity contribution >= 4 is 21.9 Å². The lowest BCUT2D eigenvalue weighted by molar-refractivity contribution is 0.0520. The molecule has 0 aliphatic rings. The van der Waals surface area contributed by atoms with Crippen LogP contribution in [-0.2, 0) is 4.74 Å². The molecule has 4 nitrogen and oxygen atoms in total. The van der Waals surface area contributed by atoms with E-state index in [2.05, 4.69) is 20.9 Å². The molecule has 0 amide bonds. The number of aryl methyl sites for hydroxylation is 1. The number of carbonyl (C=O) groups is 1. The molecule has 0 N–H and O–H groups in total. The van der Waals surface area contributed by atoms with Gasteiger partial charge in [0.15, 0.2) is 5.69 Å². The molecule has 5 heteroatoms. The molecule has 0 saturated heterocycles. The van der Waals surface area contributed by atoms with Gasteiger partial charge in [-0.05, 0) is 37.6 Å². The molecule has 0 aliphatic heterocycles. The third-order valence-corrected chi connectivity index (χ3v) is 3.00. The molecule has 18 heavy (non-hydrogen) atoms. The Morgan fingerprint density at radius 3 is 2.94 bits per heavy atom.